The van der Waals surface area contributed by atoms with Gasteiger partial charge in [-0.2, -0.15) is 0 Å². The molecule has 0 spiro atoms. The van der Waals surface area contributed by atoms with E-state index in [1.54, 1.807) is 0 Å². The van der Waals surface area contributed by atoms with E-state index in [2.05, 4.69) is 5.32 Å². The van der Waals surface area contributed by atoms with Crippen molar-refractivity contribution in [2.45, 2.75) is 31.7 Å². The predicted octanol–water partition coefficient (Wildman–Crippen LogP) is 3.15. The van der Waals surface area contributed by atoms with Gasteiger partial charge in [0.25, 0.3) is 0 Å². The molecule has 2 aliphatic rings. The maximum Gasteiger partial charge on any atom is 0.410 e. The number of hydrogen-bond donors (Lipinski definition) is 1. The number of hydrogen-bond acceptors (Lipinski definition) is 5. The summed E-state index contributed by atoms with van der Waals surface area (Å²) in [7, 11) is 0. The van der Waals surface area contributed by atoms with Gasteiger partial charge in [0, 0.05) is 18.5 Å². The van der Waals surface area contributed by atoms with Gasteiger partial charge in [0.15, 0.2) is 0 Å². The first-order valence-corrected chi connectivity index (χ1v) is 9.63. The van der Waals surface area contributed by atoms with Gasteiger partial charge in [-0.25, -0.2) is 9.59 Å². The summed E-state index contributed by atoms with van der Waals surface area (Å²) >= 11 is 0. The predicted molar refractivity (Wildman–Crippen MR) is 111 cm³/mol. The average molecular weight is 417 g/mol. The van der Waals surface area contributed by atoms with Gasteiger partial charge in [0.05, 0.1) is 0 Å². The quantitative estimate of drug-likeness (QED) is 0.758. The SMILES string of the molecule is Cl.O=C(OCc1ccccc1)C1C2CCNC2CN1C(=O)OCc1ccccc1. The minimum Gasteiger partial charge on any atom is -0.459 e. The number of nitrogens with one attached hydrogen (secondary N) is 1. The molecule has 2 aromatic carbocycles. The number of carbonyl (C=O) groups excluding carboxylic acids is 2. The summed E-state index contributed by atoms with van der Waals surface area (Å²) in [5, 5.41) is 3.38. The summed E-state index contributed by atoms with van der Waals surface area (Å²) in [6.07, 6.45) is 0.375. The number of esters is 1. The smallest absolute Gasteiger partial charge is 0.410 e. The van der Waals surface area contributed by atoms with Gasteiger partial charge in [-0.15, -0.1) is 12.4 Å². The molecule has 0 radical (unpaired) electrons. The fraction of sp³-hybridized carbons (Fsp3) is 0.364. The summed E-state index contributed by atoms with van der Waals surface area (Å²) in [6.45, 7) is 1.70. The van der Waals surface area contributed by atoms with Crippen LogP contribution in [0.3, 0.4) is 0 Å². The molecule has 154 valence electrons. The van der Waals surface area contributed by atoms with Crippen LogP contribution in [0.25, 0.3) is 0 Å². The molecule has 29 heavy (non-hydrogen) atoms. The van der Waals surface area contributed by atoms with E-state index in [9.17, 15) is 9.59 Å². The second-order valence-electron chi connectivity index (χ2n) is 7.24. The zero-order valence-electron chi connectivity index (χ0n) is 16.0. The Labute approximate surface area is 176 Å². The Bertz CT molecular complexity index is 818. The van der Waals surface area contributed by atoms with Crippen LogP contribution in [-0.4, -0.2) is 42.1 Å². The molecule has 2 aromatic rings. The molecule has 1 N–H and O–H groups in total. The topological polar surface area (TPSA) is 67.9 Å². The van der Waals surface area contributed by atoms with E-state index in [0.29, 0.717) is 6.54 Å². The number of nitrogens with zero attached hydrogens (tertiary/aromatic N) is 1. The van der Waals surface area contributed by atoms with Crippen molar-refractivity contribution in [2.24, 2.45) is 5.92 Å². The second kappa shape index (κ2) is 9.76. The monoisotopic (exact) mass is 416 g/mol. The Hall–Kier alpha value is -2.57. The molecule has 0 bridgehead atoms. The van der Waals surface area contributed by atoms with Crippen LogP contribution in [0, 0.1) is 5.92 Å². The first-order valence-electron chi connectivity index (χ1n) is 9.63. The Morgan fingerprint density at radius 3 is 2.14 bits per heavy atom. The van der Waals surface area contributed by atoms with Gasteiger partial charge >= 0.3 is 12.1 Å². The molecule has 1 amide bonds. The third-order valence-corrected chi connectivity index (χ3v) is 5.44. The van der Waals surface area contributed by atoms with E-state index in [-0.39, 0.29) is 43.5 Å². The average Bonchev–Trinajstić information content (AvgIpc) is 3.33. The summed E-state index contributed by atoms with van der Waals surface area (Å²) in [5.74, 6) is -0.302. The number of halogens is 1. The number of ether oxygens (including phenoxy) is 2. The number of rotatable bonds is 5. The van der Waals surface area contributed by atoms with Crippen molar-refractivity contribution in [3.63, 3.8) is 0 Å². The van der Waals surface area contributed by atoms with Crippen molar-refractivity contribution in [3.05, 3.63) is 71.8 Å². The van der Waals surface area contributed by atoms with E-state index in [1.807, 2.05) is 60.7 Å². The van der Waals surface area contributed by atoms with Crippen molar-refractivity contribution in [1.82, 2.24) is 10.2 Å². The minimum absolute atomic E-state index is 0. The number of fused-ring (bicyclic) bond motifs is 1. The van der Waals surface area contributed by atoms with E-state index in [4.69, 9.17) is 9.47 Å². The van der Waals surface area contributed by atoms with E-state index >= 15 is 0 Å². The fourth-order valence-electron chi connectivity index (χ4n) is 4.03. The molecule has 2 saturated heterocycles. The number of amides is 1. The van der Waals surface area contributed by atoms with Crippen molar-refractivity contribution in [3.8, 4) is 0 Å². The molecule has 3 unspecified atom stereocenters. The lowest BCUT2D eigenvalue weighted by Gasteiger charge is -2.25. The Balaban J connectivity index is 0.00000240. The highest BCUT2D eigenvalue weighted by Gasteiger charge is 2.51. The fourth-order valence-corrected chi connectivity index (χ4v) is 4.03. The molecule has 6 nitrogen and oxygen atoms in total. The second-order valence-corrected chi connectivity index (χ2v) is 7.24. The molecule has 4 rings (SSSR count). The Morgan fingerprint density at radius 2 is 1.52 bits per heavy atom. The standard InChI is InChI=1S/C22H24N2O4.ClH/c25-21(27-14-16-7-3-1-4-8-16)20-18-11-12-23-19(18)13-24(20)22(26)28-15-17-9-5-2-6-10-17;/h1-10,18-20,23H,11-15H2;1H. The van der Waals surface area contributed by atoms with Crippen molar-refractivity contribution >= 4 is 24.5 Å². The molecule has 0 aliphatic carbocycles. The van der Waals surface area contributed by atoms with Gasteiger partial charge in [0.1, 0.15) is 19.3 Å². The first-order chi connectivity index (χ1) is 13.7. The molecule has 2 aliphatic heterocycles. The Kier molecular flexibility index (Phi) is 7.12. The van der Waals surface area contributed by atoms with Crippen molar-refractivity contribution in [1.29, 1.82) is 0 Å². The van der Waals surface area contributed by atoms with Crippen LogP contribution in [0.2, 0.25) is 0 Å². The first kappa shape index (κ1) is 21.1. The number of benzene rings is 2. The van der Waals surface area contributed by atoms with E-state index in [1.165, 1.54) is 4.90 Å². The molecule has 3 atom stereocenters. The third-order valence-electron chi connectivity index (χ3n) is 5.44. The number of likely N-dealkylation sites (tertiary alicyclic amines) is 1. The lowest BCUT2D eigenvalue weighted by molar-refractivity contribution is -0.151. The van der Waals surface area contributed by atoms with Gasteiger partial charge in [0.2, 0.25) is 0 Å². The molecule has 2 fully saturated rings. The lowest BCUT2D eigenvalue weighted by atomic mass is 9.97. The van der Waals surface area contributed by atoms with Crippen LogP contribution in [0.5, 0.6) is 0 Å². The maximum absolute atomic E-state index is 12.9. The zero-order chi connectivity index (χ0) is 19.3. The maximum atomic E-state index is 12.9. The number of carbonyl (C=O) groups is 2. The molecule has 0 aromatic heterocycles. The highest BCUT2D eigenvalue weighted by Crippen LogP contribution is 2.32. The Morgan fingerprint density at radius 1 is 0.931 bits per heavy atom. The molecule has 7 heteroatoms. The highest BCUT2D eigenvalue weighted by molar-refractivity contribution is 5.85. The van der Waals surface area contributed by atoms with E-state index < -0.39 is 12.1 Å². The molecule has 0 saturated carbocycles. The normalized spacial score (nSPS) is 22.5. The van der Waals surface area contributed by atoms with Gasteiger partial charge in [-0.3, -0.25) is 4.90 Å². The summed E-state index contributed by atoms with van der Waals surface area (Å²) in [6, 6.07) is 18.6. The summed E-state index contributed by atoms with van der Waals surface area (Å²) < 4.78 is 11.0. The molecule has 2 heterocycles. The van der Waals surface area contributed by atoms with Crippen molar-refractivity contribution < 1.29 is 19.1 Å². The summed E-state index contributed by atoms with van der Waals surface area (Å²) in [4.78, 5) is 27.1. The van der Waals surface area contributed by atoms with Gasteiger partial charge in [-0.05, 0) is 24.1 Å². The largest absolute Gasteiger partial charge is 0.459 e. The van der Waals surface area contributed by atoms with Crippen LogP contribution in [0.4, 0.5) is 4.79 Å². The van der Waals surface area contributed by atoms with Gasteiger partial charge in [-0.1, -0.05) is 60.7 Å². The highest BCUT2D eigenvalue weighted by atomic mass is 35.5. The van der Waals surface area contributed by atoms with Crippen LogP contribution in [-0.2, 0) is 27.5 Å². The van der Waals surface area contributed by atoms with Crippen molar-refractivity contribution in [2.75, 3.05) is 13.1 Å². The van der Waals surface area contributed by atoms with Crippen LogP contribution in [0.1, 0.15) is 17.5 Å². The van der Waals surface area contributed by atoms with Crippen LogP contribution in [0.15, 0.2) is 60.7 Å². The summed E-state index contributed by atoms with van der Waals surface area (Å²) in [5.41, 5.74) is 1.84. The third kappa shape index (κ3) is 4.89. The van der Waals surface area contributed by atoms with E-state index in [0.717, 1.165) is 24.1 Å². The van der Waals surface area contributed by atoms with Gasteiger partial charge < -0.3 is 14.8 Å². The van der Waals surface area contributed by atoms with Crippen LogP contribution < -0.4 is 5.32 Å². The van der Waals surface area contributed by atoms with Crippen LogP contribution >= 0.6 is 12.4 Å². The lowest BCUT2D eigenvalue weighted by Crippen LogP contribution is -2.44. The minimum atomic E-state index is -0.605. The zero-order valence-corrected chi connectivity index (χ0v) is 16.8. The molecular formula is C22H25ClN2O4. The molecular weight excluding hydrogens is 392 g/mol.